The van der Waals surface area contributed by atoms with Crippen LogP contribution in [-0.4, -0.2) is 38.9 Å². The highest BCUT2D eigenvalue weighted by Crippen LogP contribution is 2.30. The molecule has 27 heavy (non-hydrogen) atoms. The van der Waals surface area contributed by atoms with Crippen LogP contribution in [0.25, 0.3) is 11.0 Å². The monoisotopic (exact) mass is 421 g/mol. The van der Waals surface area contributed by atoms with Gasteiger partial charge >= 0.3 is 6.09 Å². The molecule has 2 aromatic heterocycles. The van der Waals surface area contributed by atoms with Crippen molar-refractivity contribution in [2.75, 3.05) is 18.2 Å². The lowest BCUT2D eigenvalue weighted by molar-refractivity contribution is 0.153. The Bertz CT molecular complexity index is 946. The van der Waals surface area contributed by atoms with Crippen LogP contribution < -0.4 is 0 Å². The van der Waals surface area contributed by atoms with Gasteiger partial charge in [-0.3, -0.25) is 4.98 Å². The van der Waals surface area contributed by atoms with Crippen molar-refractivity contribution in [3.8, 4) is 0 Å². The highest BCUT2D eigenvalue weighted by Gasteiger charge is 2.19. The molecule has 0 aliphatic carbocycles. The highest BCUT2D eigenvalue weighted by atomic mass is 35.5. The molecule has 3 aromatic rings. The summed E-state index contributed by atoms with van der Waals surface area (Å²) in [6.45, 7) is 4.38. The van der Waals surface area contributed by atoms with Gasteiger partial charge in [0.25, 0.3) is 0 Å². The van der Waals surface area contributed by atoms with Crippen molar-refractivity contribution in [1.29, 1.82) is 0 Å². The third-order valence-electron chi connectivity index (χ3n) is 3.91. The molecule has 0 amide bonds. The SMILES string of the molecule is CCSc1ccnc(CSc2nc3ccccc3n2C(=O)OCCCl)c1C. The van der Waals surface area contributed by atoms with E-state index in [2.05, 4.69) is 23.8 Å². The van der Waals surface area contributed by atoms with Gasteiger partial charge in [0.05, 0.1) is 22.6 Å². The first-order valence-electron chi connectivity index (χ1n) is 8.56. The molecule has 3 rings (SSSR count). The van der Waals surface area contributed by atoms with E-state index in [0.29, 0.717) is 10.9 Å². The van der Waals surface area contributed by atoms with Gasteiger partial charge in [-0.05, 0) is 36.4 Å². The number of benzene rings is 1. The second-order valence-corrected chi connectivity index (χ2v) is 8.25. The number of para-hydroxylation sites is 2. The molecule has 0 unspecified atom stereocenters. The quantitative estimate of drug-likeness (QED) is 0.377. The van der Waals surface area contributed by atoms with Gasteiger partial charge in [-0.25, -0.2) is 14.3 Å². The molecule has 0 N–H and O–H groups in total. The second-order valence-electron chi connectivity index (χ2n) is 5.62. The first-order chi connectivity index (χ1) is 13.2. The number of halogens is 1. The zero-order chi connectivity index (χ0) is 19.2. The summed E-state index contributed by atoms with van der Waals surface area (Å²) in [5, 5.41) is 0.588. The molecule has 8 heteroatoms. The topological polar surface area (TPSA) is 57.0 Å². The number of fused-ring (bicyclic) bond motifs is 1. The fraction of sp³-hybridized carbons (Fsp3) is 0.316. The van der Waals surface area contributed by atoms with Gasteiger partial charge in [-0.15, -0.1) is 23.4 Å². The van der Waals surface area contributed by atoms with Crippen LogP contribution in [0.3, 0.4) is 0 Å². The van der Waals surface area contributed by atoms with E-state index in [1.54, 1.807) is 11.8 Å². The summed E-state index contributed by atoms with van der Waals surface area (Å²) >= 11 is 8.92. The van der Waals surface area contributed by atoms with Crippen LogP contribution in [0.4, 0.5) is 4.79 Å². The first kappa shape index (κ1) is 20.0. The van der Waals surface area contributed by atoms with Gasteiger partial charge in [-0.2, -0.15) is 0 Å². The van der Waals surface area contributed by atoms with Gasteiger partial charge in [0.15, 0.2) is 5.16 Å². The van der Waals surface area contributed by atoms with Crippen molar-refractivity contribution in [3.63, 3.8) is 0 Å². The van der Waals surface area contributed by atoms with Crippen molar-refractivity contribution < 1.29 is 9.53 Å². The number of hydrogen-bond acceptors (Lipinski definition) is 6. The predicted molar refractivity (Wildman–Crippen MR) is 112 cm³/mol. The van der Waals surface area contributed by atoms with Gasteiger partial charge < -0.3 is 4.74 Å². The van der Waals surface area contributed by atoms with Gasteiger partial charge in [0.1, 0.15) is 6.61 Å². The molecule has 5 nitrogen and oxygen atoms in total. The molecule has 0 saturated heterocycles. The lowest BCUT2D eigenvalue weighted by atomic mass is 10.2. The average molecular weight is 422 g/mol. The Hall–Kier alpha value is -1.70. The number of nitrogens with zero attached hydrogens (tertiary/aromatic N) is 3. The molecule has 0 atom stereocenters. The number of hydrogen-bond donors (Lipinski definition) is 0. The zero-order valence-electron chi connectivity index (χ0n) is 15.1. The Morgan fingerprint density at radius 3 is 2.85 bits per heavy atom. The van der Waals surface area contributed by atoms with Crippen LogP contribution in [0.5, 0.6) is 0 Å². The van der Waals surface area contributed by atoms with Crippen LogP contribution in [0.15, 0.2) is 46.6 Å². The maximum absolute atomic E-state index is 12.5. The van der Waals surface area contributed by atoms with E-state index in [1.807, 2.05) is 36.5 Å². The lowest BCUT2D eigenvalue weighted by Crippen LogP contribution is -2.16. The van der Waals surface area contributed by atoms with Gasteiger partial charge in [-0.1, -0.05) is 30.8 Å². The van der Waals surface area contributed by atoms with Crippen molar-refractivity contribution in [2.24, 2.45) is 0 Å². The molecule has 0 saturated carbocycles. The van der Waals surface area contributed by atoms with Crippen LogP contribution >= 0.6 is 35.1 Å². The molecule has 0 fully saturated rings. The summed E-state index contributed by atoms with van der Waals surface area (Å²) in [5.41, 5.74) is 3.64. The molecule has 142 valence electrons. The summed E-state index contributed by atoms with van der Waals surface area (Å²) in [4.78, 5) is 22.9. The molecule has 0 aliphatic rings. The fourth-order valence-electron chi connectivity index (χ4n) is 2.62. The van der Waals surface area contributed by atoms with Gasteiger partial charge in [0.2, 0.25) is 0 Å². The number of ether oxygens (including phenoxy) is 1. The Labute approximate surface area is 171 Å². The number of carbonyl (C=O) groups excluding carboxylic acids is 1. The summed E-state index contributed by atoms with van der Waals surface area (Å²) in [5.74, 6) is 1.89. The van der Waals surface area contributed by atoms with E-state index in [4.69, 9.17) is 16.3 Å². The summed E-state index contributed by atoms with van der Waals surface area (Å²) in [6.07, 6.45) is 1.37. The molecule has 2 heterocycles. The molecule has 0 bridgehead atoms. The number of carbonyl (C=O) groups is 1. The van der Waals surface area contributed by atoms with E-state index >= 15 is 0 Å². The van der Waals surface area contributed by atoms with Crippen molar-refractivity contribution in [3.05, 3.63) is 47.8 Å². The standard InChI is InChI=1S/C19H20ClN3O2S2/c1-3-26-17-8-10-21-15(13(17)2)12-27-18-22-14-6-4-5-7-16(14)23(18)19(24)25-11-9-20/h4-8,10H,3,9,11-12H2,1-2H3. The minimum atomic E-state index is -0.466. The van der Waals surface area contributed by atoms with Crippen molar-refractivity contribution in [1.82, 2.24) is 14.5 Å². The largest absolute Gasteiger partial charge is 0.448 e. The first-order valence-corrected chi connectivity index (χ1v) is 11.1. The van der Waals surface area contributed by atoms with Crippen LogP contribution in [0.1, 0.15) is 18.2 Å². The Kier molecular flexibility index (Phi) is 7.04. The fourth-order valence-corrected chi connectivity index (χ4v) is 4.52. The minimum absolute atomic E-state index is 0.161. The number of rotatable bonds is 7. The number of aromatic nitrogens is 3. The van der Waals surface area contributed by atoms with Crippen molar-refractivity contribution in [2.45, 2.75) is 29.7 Å². The van der Waals surface area contributed by atoms with E-state index in [0.717, 1.165) is 22.5 Å². The number of pyridine rings is 1. The van der Waals surface area contributed by atoms with Crippen LogP contribution in [0.2, 0.25) is 0 Å². The van der Waals surface area contributed by atoms with Crippen LogP contribution in [0, 0.1) is 6.92 Å². The van der Waals surface area contributed by atoms with Crippen LogP contribution in [-0.2, 0) is 10.5 Å². The molecular weight excluding hydrogens is 402 g/mol. The second kappa shape index (κ2) is 9.48. The van der Waals surface area contributed by atoms with Gasteiger partial charge in [0, 0.05) is 16.8 Å². The molecule has 0 aliphatic heterocycles. The number of imidazole rings is 1. The Morgan fingerprint density at radius 1 is 1.26 bits per heavy atom. The number of alkyl halides is 1. The molecule has 1 aromatic carbocycles. The predicted octanol–water partition coefficient (Wildman–Crippen LogP) is 5.37. The summed E-state index contributed by atoms with van der Waals surface area (Å²) in [6, 6.07) is 9.55. The maximum atomic E-state index is 12.5. The zero-order valence-corrected chi connectivity index (χ0v) is 17.5. The smallest absolute Gasteiger partial charge is 0.420 e. The molecule has 0 spiro atoms. The maximum Gasteiger partial charge on any atom is 0.420 e. The summed E-state index contributed by atoms with van der Waals surface area (Å²) in [7, 11) is 0. The third-order valence-corrected chi connectivity index (χ3v) is 6.06. The Balaban J connectivity index is 1.89. The van der Waals surface area contributed by atoms with E-state index in [9.17, 15) is 4.79 Å². The lowest BCUT2D eigenvalue weighted by Gasteiger charge is -2.10. The van der Waals surface area contributed by atoms with E-state index in [-0.39, 0.29) is 12.5 Å². The summed E-state index contributed by atoms with van der Waals surface area (Å²) < 4.78 is 6.74. The molecule has 0 radical (unpaired) electrons. The Morgan fingerprint density at radius 2 is 2.07 bits per heavy atom. The molecular formula is C19H20ClN3O2S2. The highest BCUT2D eigenvalue weighted by molar-refractivity contribution is 7.99. The minimum Gasteiger partial charge on any atom is -0.448 e. The average Bonchev–Trinajstić information content (AvgIpc) is 3.05. The third kappa shape index (κ3) is 4.59. The van der Waals surface area contributed by atoms with E-state index in [1.165, 1.54) is 26.8 Å². The van der Waals surface area contributed by atoms with Crippen molar-refractivity contribution >= 4 is 52.3 Å². The number of thioether (sulfide) groups is 2. The van der Waals surface area contributed by atoms with E-state index < -0.39 is 6.09 Å². The normalized spacial score (nSPS) is 11.1.